The summed E-state index contributed by atoms with van der Waals surface area (Å²) in [5, 5.41) is 8.68. The molecule has 0 bridgehead atoms. The van der Waals surface area contributed by atoms with Gasteiger partial charge in [0, 0.05) is 24.4 Å². The van der Waals surface area contributed by atoms with E-state index in [1.807, 2.05) is 18.5 Å². The summed E-state index contributed by atoms with van der Waals surface area (Å²) < 4.78 is 0. The lowest BCUT2D eigenvalue weighted by Crippen LogP contribution is -3.13. The SMILES string of the molecule is N#CCC[NH+]1CCCC[C@@H]1c1cccnc1. The lowest BCUT2D eigenvalue weighted by molar-refractivity contribution is -0.936. The summed E-state index contributed by atoms with van der Waals surface area (Å²) in [6.45, 7) is 2.16. The maximum absolute atomic E-state index is 8.68. The van der Waals surface area contributed by atoms with Crippen LogP contribution in [0.25, 0.3) is 0 Å². The Labute approximate surface area is 96.7 Å². The predicted octanol–water partition coefficient (Wildman–Crippen LogP) is 1.11. The molecule has 1 fully saturated rings. The number of pyridine rings is 1. The highest BCUT2D eigenvalue weighted by Crippen LogP contribution is 2.18. The third-order valence-electron chi connectivity index (χ3n) is 3.38. The highest BCUT2D eigenvalue weighted by atomic mass is 15.2. The van der Waals surface area contributed by atoms with Gasteiger partial charge in [0.25, 0.3) is 0 Å². The first-order chi connectivity index (χ1) is 7.92. The number of piperidine rings is 1. The quantitative estimate of drug-likeness (QED) is 0.822. The smallest absolute Gasteiger partial charge is 0.115 e. The molecule has 1 aliphatic rings. The zero-order valence-electron chi connectivity index (χ0n) is 9.52. The summed E-state index contributed by atoms with van der Waals surface area (Å²) in [7, 11) is 0. The monoisotopic (exact) mass is 216 g/mol. The first-order valence-electron chi connectivity index (χ1n) is 6.03. The first-order valence-corrected chi connectivity index (χ1v) is 6.03. The Morgan fingerprint density at radius 1 is 1.50 bits per heavy atom. The predicted molar refractivity (Wildman–Crippen MR) is 61.8 cm³/mol. The average molecular weight is 216 g/mol. The largest absolute Gasteiger partial charge is 0.328 e. The third kappa shape index (κ3) is 2.59. The minimum atomic E-state index is 0.552. The fourth-order valence-corrected chi connectivity index (χ4v) is 2.58. The minimum Gasteiger partial charge on any atom is -0.328 e. The van der Waals surface area contributed by atoms with Crippen LogP contribution in [-0.4, -0.2) is 18.1 Å². The summed E-state index contributed by atoms with van der Waals surface area (Å²) in [4.78, 5) is 5.75. The molecule has 1 N–H and O–H groups in total. The molecular weight excluding hydrogens is 198 g/mol. The Kier molecular flexibility index (Phi) is 3.90. The molecule has 1 unspecified atom stereocenters. The molecule has 1 aliphatic heterocycles. The van der Waals surface area contributed by atoms with Gasteiger partial charge in [-0.1, -0.05) is 6.07 Å². The Bertz CT molecular complexity index is 355. The van der Waals surface area contributed by atoms with Gasteiger partial charge in [0.15, 0.2) is 0 Å². The molecule has 3 nitrogen and oxygen atoms in total. The second-order valence-corrected chi connectivity index (χ2v) is 4.40. The molecule has 0 aromatic carbocycles. The van der Waals surface area contributed by atoms with Crippen molar-refractivity contribution in [1.29, 1.82) is 5.26 Å². The maximum atomic E-state index is 8.68. The molecule has 1 saturated heterocycles. The van der Waals surface area contributed by atoms with Gasteiger partial charge in [0.2, 0.25) is 0 Å². The standard InChI is InChI=1S/C13H17N3/c14-7-4-10-16-9-2-1-6-13(16)12-5-3-8-15-11-12/h3,5,8,11,13H,1-2,4,6,9-10H2/p+1/t13-/m1/s1. The number of likely N-dealkylation sites (tertiary alicyclic amines) is 1. The van der Waals surface area contributed by atoms with E-state index < -0.39 is 0 Å². The van der Waals surface area contributed by atoms with Crippen LogP contribution < -0.4 is 4.90 Å². The van der Waals surface area contributed by atoms with Gasteiger partial charge in [0.05, 0.1) is 25.6 Å². The van der Waals surface area contributed by atoms with Crippen LogP contribution in [0.3, 0.4) is 0 Å². The molecule has 1 aromatic heterocycles. The van der Waals surface area contributed by atoms with Crippen LogP contribution in [0.4, 0.5) is 0 Å². The summed E-state index contributed by atoms with van der Waals surface area (Å²) in [5.74, 6) is 0. The topological polar surface area (TPSA) is 41.1 Å². The molecule has 1 aromatic rings. The highest BCUT2D eigenvalue weighted by Gasteiger charge is 2.27. The van der Waals surface area contributed by atoms with Crippen molar-refractivity contribution < 1.29 is 4.90 Å². The molecular formula is C13H18N3+. The summed E-state index contributed by atoms with van der Waals surface area (Å²) >= 11 is 0. The van der Waals surface area contributed by atoms with Gasteiger partial charge in [-0.25, -0.2) is 0 Å². The van der Waals surface area contributed by atoms with Crippen molar-refractivity contribution in [3.63, 3.8) is 0 Å². The number of quaternary nitrogens is 1. The molecule has 2 rings (SSSR count). The number of aromatic nitrogens is 1. The van der Waals surface area contributed by atoms with E-state index in [0.717, 1.165) is 6.54 Å². The fourth-order valence-electron chi connectivity index (χ4n) is 2.58. The average Bonchev–Trinajstić information content (AvgIpc) is 2.38. The van der Waals surface area contributed by atoms with E-state index in [4.69, 9.17) is 5.26 Å². The van der Waals surface area contributed by atoms with Crippen molar-refractivity contribution >= 4 is 0 Å². The van der Waals surface area contributed by atoms with Gasteiger partial charge in [0.1, 0.15) is 6.04 Å². The Morgan fingerprint density at radius 3 is 3.19 bits per heavy atom. The van der Waals surface area contributed by atoms with E-state index in [0.29, 0.717) is 12.5 Å². The molecule has 0 radical (unpaired) electrons. The van der Waals surface area contributed by atoms with Gasteiger partial charge >= 0.3 is 0 Å². The van der Waals surface area contributed by atoms with Crippen molar-refractivity contribution in [2.75, 3.05) is 13.1 Å². The van der Waals surface area contributed by atoms with Crippen molar-refractivity contribution in [1.82, 2.24) is 4.98 Å². The number of nitriles is 1. The number of nitrogens with zero attached hydrogens (tertiary/aromatic N) is 2. The van der Waals surface area contributed by atoms with E-state index in [1.165, 1.54) is 31.4 Å². The van der Waals surface area contributed by atoms with Gasteiger partial charge in [-0.3, -0.25) is 4.98 Å². The molecule has 3 heteroatoms. The normalized spacial score (nSPS) is 24.9. The van der Waals surface area contributed by atoms with Crippen molar-refractivity contribution in [2.24, 2.45) is 0 Å². The lowest BCUT2D eigenvalue weighted by atomic mass is 9.96. The van der Waals surface area contributed by atoms with Gasteiger partial charge < -0.3 is 4.90 Å². The number of hydrogen-bond acceptors (Lipinski definition) is 2. The molecule has 0 spiro atoms. The third-order valence-corrected chi connectivity index (χ3v) is 3.38. The highest BCUT2D eigenvalue weighted by molar-refractivity contribution is 5.11. The molecule has 2 atom stereocenters. The molecule has 0 saturated carbocycles. The number of nitrogens with one attached hydrogen (secondary N) is 1. The van der Waals surface area contributed by atoms with E-state index in [1.54, 1.807) is 4.90 Å². The molecule has 0 amide bonds. The summed E-state index contributed by atoms with van der Waals surface area (Å²) in [5.41, 5.74) is 1.33. The van der Waals surface area contributed by atoms with E-state index in [9.17, 15) is 0 Å². The maximum Gasteiger partial charge on any atom is 0.115 e. The summed E-state index contributed by atoms with van der Waals surface area (Å²) in [6, 6.07) is 6.97. The number of rotatable bonds is 3. The van der Waals surface area contributed by atoms with Crippen LogP contribution in [0.5, 0.6) is 0 Å². The van der Waals surface area contributed by atoms with Crippen LogP contribution in [0.15, 0.2) is 24.5 Å². The van der Waals surface area contributed by atoms with Crippen molar-refractivity contribution in [2.45, 2.75) is 31.7 Å². The summed E-state index contributed by atoms with van der Waals surface area (Å²) in [6.07, 6.45) is 8.27. The van der Waals surface area contributed by atoms with Gasteiger partial charge in [-0.2, -0.15) is 5.26 Å². The Morgan fingerprint density at radius 2 is 2.44 bits per heavy atom. The zero-order valence-corrected chi connectivity index (χ0v) is 9.52. The van der Waals surface area contributed by atoms with Gasteiger partial charge in [-0.05, 0) is 18.9 Å². The van der Waals surface area contributed by atoms with Crippen LogP contribution in [0.2, 0.25) is 0 Å². The van der Waals surface area contributed by atoms with Crippen LogP contribution in [-0.2, 0) is 0 Å². The van der Waals surface area contributed by atoms with E-state index in [-0.39, 0.29) is 0 Å². The molecule has 16 heavy (non-hydrogen) atoms. The Balaban J connectivity index is 2.08. The van der Waals surface area contributed by atoms with Gasteiger partial charge in [-0.15, -0.1) is 0 Å². The molecule has 84 valence electrons. The minimum absolute atomic E-state index is 0.552. The second-order valence-electron chi connectivity index (χ2n) is 4.40. The second kappa shape index (κ2) is 5.62. The molecule has 0 aliphatic carbocycles. The fraction of sp³-hybridized carbons (Fsp3) is 0.538. The lowest BCUT2D eigenvalue weighted by Gasteiger charge is -2.32. The van der Waals surface area contributed by atoms with Crippen molar-refractivity contribution in [3.05, 3.63) is 30.1 Å². The van der Waals surface area contributed by atoms with Crippen LogP contribution in [0.1, 0.15) is 37.3 Å². The Hall–Kier alpha value is -1.40. The van der Waals surface area contributed by atoms with Crippen molar-refractivity contribution in [3.8, 4) is 6.07 Å². The first kappa shape index (κ1) is 11.1. The van der Waals surface area contributed by atoms with Crippen LogP contribution >= 0.6 is 0 Å². The zero-order chi connectivity index (χ0) is 11.2. The number of hydrogen-bond donors (Lipinski definition) is 1. The van der Waals surface area contributed by atoms with E-state index >= 15 is 0 Å². The van der Waals surface area contributed by atoms with E-state index in [2.05, 4.69) is 17.1 Å². The van der Waals surface area contributed by atoms with Crippen LogP contribution in [0, 0.1) is 11.3 Å². The molecule has 2 heterocycles.